The molecule has 0 aromatic heterocycles. The molecule has 1 saturated heterocycles. The molecule has 38 heavy (non-hydrogen) atoms. The lowest BCUT2D eigenvalue weighted by atomic mass is 9.54. The molecule has 10 heteroatoms. The third-order valence-corrected chi connectivity index (χ3v) is 7.94. The number of fused-ring (bicyclic) bond motifs is 3. The van der Waals surface area contributed by atoms with Crippen molar-refractivity contribution in [3.05, 3.63) is 70.5 Å². The standard InChI is InChI=1S/C28H36O10/c1-16-21(33)20(19(32)12-8-6-10-14-30)22-26(3)24(35)17(18(31)11-7-5-9-13-29)15-25(2,36)28(26,37)38-27(22,4)23(16)34/h5-6,8-10,12,22,29-30,32-33,35-37H,7,11,13-15H2,1-4H3/b9-5+,10-6+,12-8+,20-19+/t22-,25+,26-,27+,28+/m1/s1. The van der Waals surface area contributed by atoms with Gasteiger partial charge in [-0.1, -0.05) is 30.4 Å². The van der Waals surface area contributed by atoms with E-state index in [-0.39, 0.29) is 42.8 Å². The van der Waals surface area contributed by atoms with E-state index in [9.17, 15) is 35.1 Å². The van der Waals surface area contributed by atoms with Crippen LogP contribution in [0.4, 0.5) is 0 Å². The van der Waals surface area contributed by atoms with Gasteiger partial charge in [0.25, 0.3) is 0 Å². The van der Waals surface area contributed by atoms with Crippen LogP contribution in [-0.4, -0.2) is 77.5 Å². The Morgan fingerprint density at radius 2 is 1.68 bits per heavy atom. The maximum atomic E-state index is 13.5. The molecule has 1 aliphatic heterocycles. The number of aliphatic hydroxyl groups is 7. The minimum absolute atomic E-state index is 0.0691. The lowest BCUT2D eigenvalue weighted by molar-refractivity contribution is -0.330. The molecule has 3 aliphatic rings. The van der Waals surface area contributed by atoms with Crippen LogP contribution < -0.4 is 0 Å². The summed E-state index contributed by atoms with van der Waals surface area (Å²) in [4.78, 5) is 26.6. The molecule has 1 heterocycles. The number of rotatable bonds is 8. The second kappa shape index (κ2) is 10.3. The quantitative estimate of drug-likeness (QED) is 0.139. The van der Waals surface area contributed by atoms with Crippen molar-refractivity contribution in [3.63, 3.8) is 0 Å². The molecule has 3 rings (SSSR count). The predicted molar refractivity (Wildman–Crippen MR) is 137 cm³/mol. The van der Waals surface area contributed by atoms with Gasteiger partial charge in [-0.05, 0) is 40.2 Å². The Bertz CT molecular complexity index is 1200. The number of carbonyl (C=O) groups excluding carboxylic acids is 2. The topological polar surface area (TPSA) is 185 Å². The Balaban J connectivity index is 2.31. The fourth-order valence-electron chi connectivity index (χ4n) is 6.04. The van der Waals surface area contributed by atoms with E-state index in [1.807, 2.05) is 0 Å². The van der Waals surface area contributed by atoms with Crippen LogP contribution in [0.15, 0.2) is 70.5 Å². The van der Waals surface area contributed by atoms with Crippen LogP contribution in [0.5, 0.6) is 0 Å². The fourth-order valence-corrected chi connectivity index (χ4v) is 6.04. The molecule has 10 nitrogen and oxygen atoms in total. The van der Waals surface area contributed by atoms with Gasteiger partial charge < -0.3 is 40.5 Å². The molecular weight excluding hydrogens is 496 g/mol. The Morgan fingerprint density at radius 1 is 1.05 bits per heavy atom. The van der Waals surface area contributed by atoms with E-state index >= 15 is 0 Å². The molecule has 0 spiro atoms. The highest BCUT2D eigenvalue weighted by molar-refractivity contribution is 6.05. The highest BCUT2D eigenvalue weighted by Gasteiger charge is 2.80. The van der Waals surface area contributed by atoms with Crippen LogP contribution in [0.1, 0.15) is 47.0 Å². The van der Waals surface area contributed by atoms with Gasteiger partial charge in [-0.2, -0.15) is 0 Å². The van der Waals surface area contributed by atoms with Crippen LogP contribution >= 0.6 is 0 Å². The smallest absolute Gasteiger partial charge is 0.209 e. The van der Waals surface area contributed by atoms with Crippen LogP contribution in [0.2, 0.25) is 0 Å². The van der Waals surface area contributed by atoms with Gasteiger partial charge in [0.15, 0.2) is 11.6 Å². The summed E-state index contributed by atoms with van der Waals surface area (Å²) in [5, 5.41) is 74.9. The Labute approximate surface area is 220 Å². The number of carbonyl (C=O) groups is 2. The molecule has 7 N–H and O–H groups in total. The molecule has 0 unspecified atom stereocenters. The Morgan fingerprint density at radius 3 is 2.29 bits per heavy atom. The van der Waals surface area contributed by atoms with Crippen LogP contribution in [0, 0.1) is 11.3 Å². The zero-order valence-corrected chi connectivity index (χ0v) is 21.9. The van der Waals surface area contributed by atoms with E-state index in [2.05, 4.69) is 0 Å². The van der Waals surface area contributed by atoms with E-state index in [4.69, 9.17) is 14.9 Å². The molecule has 0 aromatic carbocycles. The van der Waals surface area contributed by atoms with Crippen molar-refractivity contribution < 1.29 is 50.1 Å². The fraction of sp³-hybridized carbons (Fsp3) is 0.500. The molecule has 2 aliphatic carbocycles. The summed E-state index contributed by atoms with van der Waals surface area (Å²) in [5.74, 6) is -7.02. The van der Waals surface area contributed by atoms with E-state index in [0.717, 1.165) is 0 Å². The summed E-state index contributed by atoms with van der Waals surface area (Å²) in [7, 11) is 0. The summed E-state index contributed by atoms with van der Waals surface area (Å²) in [6.07, 6.45) is 8.14. The average Bonchev–Trinajstić information content (AvgIpc) is 3.06. The van der Waals surface area contributed by atoms with Gasteiger partial charge in [0, 0.05) is 35.5 Å². The maximum absolute atomic E-state index is 13.5. The second-order valence-electron chi connectivity index (χ2n) is 10.5. The molecular formula is C28H36O10. The number of ketones is 2. The number of hydrogen-bond donors (Lipinski definition) is 7. The molecule has 0 saturated carbocycles. The van der Waals surface area contributed by atoms with Crippen molar-refractivity contribution >= 4 is 11.6 Å². The summed E-state index contributed by atoms with van der Waals surface area (Å²) in [5.41, 5.74) is -6.77. The van der Waals surface area contributed by atoms with E-state index in [1.165, 1.54) is 58.1 Å². The van der Waals surface area contributed by atoms with Crippen LogP contribution in [0.3, 0.4) is 0 Å². The average molecular weight is 533 g/mol. The lowest BCUT2D eigenvalue weighted by Crippen LogP contribution is -2.65. The van der Waals surface area contributed by atoms with Gasteiger partial charge in [0.1, 0.15) is 28.5 Å². The SMILES string of the molecule is CC1=C(O)/C(=C(O)/C=C/C=C/CO)[C@@H]2[C@]3(C)C(O)=C(C(=O)CC/C=C/CO)C[C@](C)(O)[C@]3(O)O[C@]2(C)C1=O. The number of Topliss-reactive ketones (excluding diaryl/α,β-unsaturated/α-hetero) is 2. The number of aliphatic hydroxyl groups excluding tert-OH is 5. The maximum Gasteiger partial charge on any atom is 0.209 e. The van der Waals surface area contributed by atoms with Crippen molar-refractivity contribution in [3.8, 4) is 0 Å². The molecule has 0 amide bonds. The van der Waals surface area contributed by atoms with E-state index in [0.29, 0.717) is 0 Å². The van der Waals surface area contributed by atoms with E-state index in [1.54, 1.807) is 6.08 Å². The first-order chi connectivity index (χ1) is 17.7. The predicted octanol–water partition coefficient (Wildman–Crippen LogP) is 2.28. The number of hydrogen-bond acceptors (Lipinski definition) is 10. The van der Waals surface area contributed by atoms with Crippen molar-refractivity contribution in [2.24, 2.45) is 11.3 Å². The third-order valence-electron chi connectivity index (χ3n) is 7.94. The van der Waals surface area contributed by atoms with Gasteiger partial charge in [-0.3, -0.25) is 9.59 Å². The van der Waals surface area contributed by atoms with Crippen molar-refractivity contribution in [1.82, 2.24) is 0 Å². The van der Waals surface area contributed by atoms with Gasteiger partial charge in [0.05, 0.1) is 18.6 Å². The first-order valence-corrected chi connectivity index (χ1v) is 12.3. The lowest BCUT2D eigenvalue weighted by Gasteiger charge is -2.51. The molecule has 208 valence electrons. The molecule has 0 aromatic rings. The van der Waals surface area contributed by atoms with Crippen LogP contribution in [0.25, 0.3) is 0 Å². The van der Waals surface area contributed by atoms with Crippen molar-refractivity contribution in [2.75, 3.05) is 13.2 Å². The summed E-state index contributed by atoms with van der Waals surface area (Å²) < 4.78 is 5.98. The zero-order chi connectivity index (χ0) is 28.7. The number of ether oxygens (including phenoxy) is 1. The van der Waals surface area contributed by atoms with Gasteiger partial charge in [-0.25, -0.2) is 0 Å². The summed E-state index contributed by atoms with van der Waals surface area (Å²) >= 11 is 0. The minimum Gasteiger partial charge on any atom is -0.511 e. The third kappa shape index (κ3) is 4.17. The monoisotopic (exact) mass is 532 g/mol. The largest absolute Gasteiger partial charge is 0.511 e. The molecule has 1 fully saturated rings. The first-order valence-electron chi connectivity index (χ1n) is 12.3. The number of allylic oxidation sites excluding steroid dienone is 5. The van der Waals surface area contributed by atoms with Crippen LogP contribution in [-0.2, 0) is 14.3 Å². The Kier molecular flexibility index (Phi) is 7.98. The molecule has 0 bridgehead atoms. The van der Waals surface area contributed by atoms with Crippen molar-refractivity contribution in [2.45, 2.75) is 63.9 Å². The van der Waals surface area contributed by atoms with Crippen molar-refractivity contribution in [1.29, 1.82) is 0 Å². The minimum atomic E-state index is -2.61. The zero-order valence-electron chi connectivity index (χ0n) is 21.9. The van der Waals surface area contributed by atoms with Gasteiger partial charge in [-0.15, -0.1) is 0 Å². The highest BCUT2D eigenvalue weighted by Crippen LogP contribution is 2.68. The normalized spacial score (nSPS) is 37.1. The van der Waals surface area contributed by atoms with Gasteiger partial charge in [0.2, 0.25) is 5.79 Å². The second-order valence-corrected chi connectivity index (χ2v) is 10.5. The summed E-state index contributed by atoms with van der Waals surface area (Å²) in [6, 6.07) is 0. The Hall–Kier alpha value is -3.02. The molecule has 0 radical (unpaired) electrons. The molecule has 5 atom stereocenters. The van der Waals surface area contributed by atoms with Gasteiger partial charge >= 0.3 is 0 Å². The highest BCUT2D eigenvalue weighted by atomic mass is 16.7. The first kappa shape index (κ1) is 29.5. The van der Waals surface area contributed by atoms with E-state index < -0.39 is 63.6 Å². The summed E-state index contributed by atoms with van der Waals surface area (Å²) in [6.45, 7) is 4.75.